The van der Waals surface area contributed by atoms with Crippen LogP contribution in [0, 0.1) is 0 Å². The zero-order valence-corrected chi connectivity index (χ0v) is 11.7. The van der Waals surface area contributed by atoms with Crippen molar-refractivity contribution in [3.05, 3.63) is 59.2 Å². The maximum absolute atomic E-state index is 5.93. The monoisotopic (exact) mass is 269 g/mol. The molecule has 1 aliphatic rings. The van der Waals surface area contributed by atoms with Crippen molar-refractivity contribution >= 4 is 0 Å². The Balaban J connectivity index is 1.81. The van der Waals surface area contributed by atoms with Crippen molar-refractivity contribution in [3.63, 3.8) is 0 Å². The molecule has 0 bridgehead atoms. The van der Waals surface area contributed by atoms with Crippen LogP contribution in [0.5, 0.6) is 11.5 Å². The van der Waals surface area contributed by atoms with Gasteiger partial charge in [0.05, 0.1) is 7.11 Å². The van der Waals surface area contributed by atoms with Crippen LogP contribution in [0.1, 0.15) is 16.7 Å². The van der Waals surface area contributed by atoms with E-state index >= 15 is 0 Å². The third-order valence-electron chi connectivity index (χ3n) is 3.61. The maximum atomic E-state index is 5.93. The summed E-state index contributed by atoms with van der Waals surface area (Å²) >= 11 is 0. The van der Waals surface area contributed by atoms with Gasteiger partial charge >= 0.3 is 0 Å². The molecule has 104 valence electrons. The summed E-state index contributed by atoms with van der Waals surface area (Å²) in [5, 5.41) is 3.37. The molecule has 0 atom stereocenters. The number of nitrogens with one attached hydrogen (secondary N) is 1. The number of benzene rings is 2. The van der Waals surface area contributed by atoms with E-state index in [1.807, 2.05) is 18.2 Å². The Morgan fingerprint density at radius 1 is 1.05 bits per heavy atom. The van der Waals surface area contributed by atoms with Crippen molar-refractivity contribution < 1.29 is 9.47 Å². The van der Waals surface area contributed by atoms with Crippen molar-refractivity contribution in [2.75, 3.05) is 13.7 Å². The Bertz CT molecular complexity index is 581. The molecule has 0 aromatic heterocycles. The molecular formula is C17H19NO2. The van der Waals surface area contributed by atoms with Crippen LogP contribution in [0.15, 0.2) is 42.5 Å². The molecule has 0 spiro atoms. The van der Waals surface area contributed by atoms with E-state index in [0.717, 1.165) is 36.6 Å². The highest BCUT2D eigenvalue weighted by atomic mass is 16.5. The molecule has 2 aromatic rings. The van der Waals surface area contributed by atoms with E-state index in [2.05, 4.69) is 29.6 Å². The molecule has 1 heterocycles. The van der Waals surface area contributed by atoms with Gasteiger partial charge in [-0.3, -0.25) is 0 Å². The van der Waals surface area contributed by atoms with Crippen LogP contribution >= 0.6 is 0 Å². The van der Waals surface area contributed by atoms with E-state index in [1.54, 1.807) is 7.11 Å². The predicted molar refractivity (Wildman–Crippen MR) is 79.2 cm³/mol. The first kappa shape index (κ1) is 13.0. The van der Waals surface area contributed by atoms with Crippen LogP contribution in [0.25, 0.3) is 0 Å². The number of methoxy groups -OCH3 is 1. The highest BCUT2D eigenvalue weighted by Gasteiger charge is 2.14. The van der Waals surface area contributed by atoms with E-state index in [4.69, 9.17) is 9.47 Å². The summed E-state index contributed by atoms with van der Waals surface area (Å²) in [6, 6.07) is 14.4. The molecule has 0 radical (unpaired) electrons. The number of fused-ring (bicyclic) bond motifs is 1. The summed E-state index contributed by atoms with van der Waals surface area (Å²) in [5.74, 6) is 1.64. The van der Waals surface area contributed by atoms with Crippen LogP contribution in [0.4, 0.5) is 0 Å². The first-order chi connectivity index (χ1) is 9.86. The highest BCUT2D eigenvalue weighted by molar-refractivity contribution is 5.48. The van der Waals surface area contributed by atoms with Crippen molar-refractivity contribution in [1.29, 1.82) is 0 Å². The summed E-state index contributed by atoms with van der Waals surface area (Å²) in [6.07, 6.45) is 1.04. The van der Waals surface area contributed by atoms with Crippen molar-refractivity contribution in [2.45, 2.75) is 19.6 Å². The summed E-state index contributed by atoms with van der Waals surface area (Å²) in [5.41, 5.74) is 3.82. The van der Waals surface area contributed by atoms with Crippen LogP contribution < -0.4 is 14.8 Å². The van der Waals surface area contributed by atoms with Gasteiger partial charge < -0.3 is 14.8 Å². The van der Waals surface area contributed by atoms with E-state index in [0.29, 0.717) is 6.61 Å². The Hall–Kier alpha value is -2.00. The average Bonchev–Trinajstić information content (AvgIpc) is 2.53. The molecule has 0 saturated carbocycles. The SMILES string of the molecule is COc1cc2c(cc1OCc1ccccc1)CCNC2. The molecule has 3 rings (SSSR count). The van der Waals surface area contributed by atoms with Gasteiger partial charge in [-0.25, -0.2) is 0 Å². The molecule has 0 aliphatic carbocycles. The van der Waals surface area contributed by atoms with Gasteiger partial charge in [0.2, 0.25) is 0 Å². The standard InChI is InChI=1S/C17H19NO2/c1-19-16-10-15-11-18-8-7-14(15)9-17(16)20-12-13-5-3-2-4-6-13/h2-6,9-10,18H,7-8,11-12H2,1H3. The molecule has 20 heavy (non-hydrogen) atoms. The largest absolute Gasteiger partial charge is 0.493 e. The van der Waals surface area contributed by atoms with Crippen molar-refractivity contribution in [1.82, 2.24) is 5.32 Å². The fourth-order valence-corrected chi connectivity index (χ4v) is 2.50. The van der Waals surface area contributed by atoms with E-state index in [9.17, 15) is 0 Å². The first-order valence-electron chi connectivity index (χ1n) is 6.94. The fraction of sp³-hybridized carbons (Fsp3) is 0.294. The second-order valence-corrected chi connectivity index (χ2v) is 4.97. The first-order valence-corrected chi connectivity index (χ1v) is 6.94. The fourth-order valence-electron chi connectivity index (χ4n) is 2.50. The molecule has 1 aliphatic heterocycles. The molecule has 0 fully saturated rings. The second-order valence-electron chi connectivity index (χ2n) is 4.97. The van der Waals surface area contributed by atoms with Gasteiger partial charge in [-0.1, -0.05) is 30.3 Å². The lowest BCUT2D eigenvalue weighted by atomic mass is 10.0. The third kappa shape index (κ3) is 2.78. The number of rotatable bonds is 4. The lowest BCUT2D eigenvalue weighted by molar-refractivity contribution is 0.283. The van der Waals surface area contributed by atoms with Gasteiger partial charge in [0.25, 0.3) is 0 Å². The molecule has 3 heteroatoms. The molecule has 0 saturated heterocycles. The van der Waals surface area contributed by atoms with Crippen molar-refractivity contribution in [3.8, 4) is 11.5 Å². The summed E-state index contributed by atoms with van der Waals surface area (Å²) in [7, 11) is 1.69. The molecule has 0 unspecified atom stereocenters. The smallest absolute Gasteiger partial charge is 0.161 e. The minimum absolute atomic E-state index is 0.564. The normalized spacial score (nSPS) is 13.7. The topological polar surface area (TPSA) is 30.5 Å². The van der Waals surface area contributed by atoms with Crippen LogP contribution in [0.3, 0.4) is 0 Å². The third-order valence-corrected chi connectivity index (χ3v) is 3.61. The van der Waals surface area contributed by atoms with Crippen LogP contribution in [-0.4, -0.2) is 13.7 Å². The highest BCUT2D eigenvalue weighted by Crippen LogP contribution is 2.32. The minimum Gasteiger partial charge on any atom is -0.493 e. The summed E-state index contributed by atoms with van der Waals surface area (Å²) in [4.78, 5) is 0. The summed E-state index contributed by atoms with van der Waals surface area (Å²) < 4.78 is 11.4. The van der Waals surface area contributed by atoms with Gasteiger partial charge in [-0.05, 0) is 41.8 Å². The quantitative estimate of drug-likeness (QED) is 0.925. The lowest BCUT2D eigenvalue weighted by Crippen LogP contribution is -2.23. The Morgan fingerprint density at radius 3 is 2.65 bits per heavy atom. The molecule has 1 N–H and O–H groups in total. The summed E-state index contributed by atoms with van der Waals surface area (Å²) in [6.45, 7) is 2.50. The van der Waals surface area contributed by atoms with Gasteiger partial charge in [-0.15, -0.1) is 0 Å². The maximum Gasteiger partial charge on any atom is 0.161 e. The Kier molecular flexibility index (Phi) is 3.88. The molecule has 2 aromatic carbocycles. The van der Waals surface area contributed by atoms with Crippen LogP contribution in [0.2, 0.25) is 0 Å². The van der Waals surface area contributed by atoms with Gasteiger partial charge in [0.1, 0.15) is 6.61 Å². The van der Waals surface area contributed by atoms with Gasteiger partial charge in [0, 0.05) is 6.54 Å². The van der Waals surface area contributed by atoms with Crippen molar-refractivity contribution in [2.24, 2.45) is 0 Å². The second kappa shape index (κ2) is 5.97. The van der Waals surface area contributed by atoms with E-state index in [1.165, 1.54) is 11.1 Å². The number of hydrogen-bond donors (Lipinski definition) is 1. The zero-order chi connectivity index (χ0) is 13.8. The van der Waals surface area contributed by atoms with E-state index < -0.39 is 0 Å². The predicted octanol–water partition coefficient (Wildman–Crippen LogP) is 2.92. The van der Waals surface area contributed by atoms with Gasteiger partial charge in [0.15, 0.2) is 11.5 Å². The Morgan fingerprint density at radius 2 is 1.85 bits per heavy atom. The number of hydrogen-bond acceptors (Lipinski definition) is 3. The molecule has 0 amide bonds. The average molecular weight is 269 g/mol. The molecule has 3 nitrogen and oxygen atoms in total. The van der Waals surface area contributed by atoms with Gasteiger partial charge in [-0.2, -0.15) is 0 Å². The van der Waals surface area contributed by atoms with E-state index in [-0.39, 0.29) is 0 Å². The Labute approximate surface area is 119 Å². The lowest BCUT2D eigenvalue weighted by Gasteiger charge is -2.20. The minimum atomic E-state index is 0.564. The number of ether oxygens (including phenoxy) is 2. The van der Waals surface area contributed by atoms with Crippen LogP contribution in [-0.2, 0) is 19.6 Å². The zero-order valence-electron chi connectivity index (χ0n) is 11.7. The molecular weight excluding hydrogens is 250 g/mol.